The van der Waals surface area contributed by atoms with Crippen LogP contribution in [-0.4, -0.2) is 95.6 Å². The Balaban J connectivity index is 1.54. The topological polar surface area (TPSA) is 127 Å². The fraction of sp³-hybridized carbons (Fsp3) is 1.00. The molecule has 3 rings (SSSR count). The first-order valence-corrected chi connectivity index (χ1v) is 8.83. The Morgan fingerprint density at radius 2 is 1.76 bits per heavy atom. The SMILES string of the molecule is C[C@@H]1O[C@@H](O[C@@H]2CCCOC2)[C@H](O)[C@H](O)[C@H]1O[C@H]1C[C@@H](O)[C@H](O)CO1. The summed E-state index contributed by atoms with van der Waals surface area (Å²) in [5, 5.41) is 39.9. The molecule has 9 nitrogen and oxygen atoms in total. The van der Waals surface area contributed by atoms with Gasteiger partial charge in [-0.1, -0.05) is 0 Å². The predicted molar refractivity (Wildman–Crippen MR) is 82.5 cm³/mol. The Hall–Kier alpha value is -0.360. The summed E-state index contributed by atoms with van der Waals surface area (Å²) >= 11 is 0. The Bertz CT molecular complexity index is 416. The second-order valence-corrected chi connectivity index (χ2v) is 6.90. The summed E-state index contributed by atoms with van der Waals surface area (Å²) in [6, 6.07) is 0. The molecule has 0 spiro atoms. The highest BCUT2D eigenvalue weighted by atomic mass is 16.7. The van der Waals surface area contributed by atoms with E-state index in [1.807, 2.05) is 0 Å². The van der Waals surface area contributed by atoms with Crippen molar-refractivity contribution in [3.63, 3.8) is 0 Å². The summed E-state index contributed by atoms with van der Waals surface area (Å²) in [6.45, 7) is 2.79. The first-order valence-electron chi connectivity index (χ1n) is 8.83. The van der Waals surface area contributed by atoms with Crippen molar-refractivity contribution in [3.8, 4) is 0 Å². The lowest BCUT2D eigenvalue weighted by atomic mass is 9.99. The van der Waals surface area contributed by atoms with Gasteiger partial charge in [-0.05, 0) is 19.8 Å². The molecule has 3 heterocycles. The monoisotopic (exact) mass is 364 g/mol. The summed E-state index contributed by atoms with van der Waals surface area (Å²) in [5.74, 6) is 0. The molecule has 0 radical (unpaired) electrons. The van der Waals surface area contributed by atoms with Crippen LogP contribution in [0.2, 0.25) is 0 Å². The number of aliphatic hydroxyl groups excluding tert-OH is 4. The van der Waals surface area contributed by atoms with E-state index in [-0.39, 0.29) is 19.1 Å². The number of rotatable bonds is 4. The van der Waals surface area contributed by atoms with Crippen LogP contribution in [0.3, 0.4) is 0 Å². The molecule has 0 aromatic carbocycles. The first-order chi connectivity index (χ1) is 12.0. The quantitative estimate of drug-likeness (QED) is 0.471. The van der Waals surface area contributed by atoms with Gasteiger partial charge in [0.15, 0.2) is 12.6 Å². The Labute approximate surface area is 146 Å². The molecule has 3 aliphatic heterocycles. The van der Waals surface area contributed by atoms with Crippen molar-refractivity contribution in [3.05, 3.63) is 0 Å². The fourth-order valence-corrected chi connectivity index (χ4v) is 3.32. The van der Waals surface area contributed by atoms with Crippen LogP contribution in [0.15, 0.2) is 0 Å². The number of aliphatic hydroxyl groups is 4. The maximum Gasteiger partial charge on any atom is 0.186 e. The normalized spacial score (nSPS) is 49.1. The van der Waals surface area contributed by atoms with Crippen LogP contribution in [0.1, 0.15) is 26.2 Å². The van der Waals surface area contributed by atoms with Crippen LogP contribution < -0.4 is 0 Å². The molecule has 4 N–H and O–H groups in total. The largest absolute Gasteiger partial charge is 0.390 e. The second kappa shape index (κ2) is 8.55. The summed E-state index contributed by atoms with van der Waals surface area (Å²) in [6.07, 6.45) is -5.97. The first kappa shape index (κ1) is 19.4. The molecule has 3 saturated heterocycles. The molecular formula is C16H28O9. The van der Waals surface area contributed by atoms with E-state index in [1.54, 1.807) is 6.92 Å². The van der Waals surface area contributed by atoms with Crippen molar-refractivity contribution in [1.82, 2.24) is 0 Å². The van der Waals surface area contributed by atoms with Crippen molar-refractivity contribution in [2.24, 2.45) is 0 Å². The van der Waals surface area contributed by atoms with E-state index < -0.39 is 49.2 Å². The molecule has 3 fully saturated rings. The van der Waals surface area contributed by atoms with Crippen LogP contribution >= 0.6 is 0 Å². The van der Waals surface area contributed by atoms with Crippen molar-refractivity contribution >= 4 is 0 Å². The molecule has 9 atom stereocenters. The molecular weight excluding hydrogens is 336 g/mol. The molecule has 0 aromatic heterocycles. The molecule has 0 amide bonds. The third-order valence-electron chi connectivity index (χ3n) is 4.86. The highest BCUT2D eigenvalue weighted by Crippen LogP contribution is 2.28. The lowest BCUT2D eigenvalue weighted by molar-refractivity contribution is -0.337. The molecule has 9 heteroatoms. The molecule has 25 heavy (non-hydrogen) atoms. The van der Waals surface area contributed by atoms with Crippen molar-refractivity contribution < 1.29 is 44.1 Å². The number of hydrogen-bond donors (Lipinski definition) is 4. The highest BCUT2D eigenvalue weighted by molar-refractivity contribution is 4.90. The van der Waals surface area contributed by atoms with Gasteiger partial charge < -0.3 is 44.1 Å². The van der Waals surface area contributed by atoms with Crippen molar-refractivity contribution in [2.75, 3.05) is 19.8 Å². The highest BCUT2D eigenvalue weighted by Gasteiger charge is 2.46. The molecule has 0 unspecified atom stereocenters. The molecule has 0 saturated carbocycles. The maximum atomic E-state index is 10.4. The van der Waals surface area contributed by atoms with E-state index in [9.17, 15) is 20.4 Å². The molecule has 0 aromatic rings. The smallest absolute Gasteiger partial charge is 0.186 e. The molecule has 3 aliphatic rings. The van der Waals surface area contributed by atoms with Crippen molar-refractivity contribution in [1.29, 1.82) is 0 Å². The van der Waals surface area contributed by atoms with Crippen molar-refractivity contribution in [2.45, 2.75) is 81.5 Å². The lowest BCUT2D eigenvalue weighted by Gasteiger charge is -2.44. The summed E-state index contributed by atoms with van der Waals surface area (Å²) < 4.78 is 27.8. The van der Waals surface area contributed by atoms with E-state index >= 15 is 0 Å². The fourth-order valence-electron chi connectivity index (χ4n) is 3.32. The molecule has 0 bridgehead atoms. The van der Waals surface area contributed by atoms with Crippen LogP contribution in [-0.2, 0) is 23.7 Å². The van der Waals surface area contributed by atoms with Gasteiger partial charge >= 0.3 is 0 Å². The summed E-state index contributed by atoms with van der Waals surface area (Å²) in [7, 11) is 0. The van der Waals surface area contributed by atoms with Gasteiger partial charge in [-0.3, -0.25) is 0 Å². The zero-order valence-electron chi connectivity index (χ0n) is 14.3. The standard InChI is InChI=1S/C16H28O9/c1-8-15(25-12-5-10(17)11(18)7-22-12)13(19)14(20)16(23-8)24-9-3-2-4-21-6-9/h8-20H,2-7H2,1H3/t8-,9+,10+,11+,12-,13-,14+,15-,16-/m0/s1. The maximum absolute atomic E-state index is 10.4. The van der Waals surface area contributed by atoms with Crippen LogP contribution in [0.5, 0.6) is 0 Å². The Kier molecular flexibility index (Phi) is 6.64. The van der Waals surface area contributed by atoms with Crippen LogP contribution in [0, 0.1) is 0 Å². The number of hydrogen-bond acceptors (Lipinski definition) is 9. The third-order valence-corrected chi connectivity index (χ3v) is 4.86. The predicted octanol–water partition coefficient (Wildman–Crippen LogP) is -1.50. The van der Waals surface area contributed by atoms with Gasteiger partial charge in [-0.25, -0.2) is 0 Å². The van der Waals surface area contributed by atoms with E-state index in [0.717, 1.165) is 12.8 Å². The summed E-state index contributed by atoms with van der Waals surface area (Å²) in [4.78, 5) is 0. The Morgan fingerprint density at radius 3 is 2.44 bits per heavy atom. The van der Waals surface area contributed by atoms with Gasteiger partial charge in [-0.2, -0.15) is 0 Å². The minimum absolute atomic E-state index is 0.0557. The van der Waals surface area contributed by atoms with Crippen LogP contribution in [0.25, 0.3) is 0 Å². The van der Waals surface area contributed by atoms with Gasteiger partial charge in [0.1, 0.15) is 24.4 Å². The average molecular weight is 364 g/mol. The second-order valence-electron chi connectivity index (χ2n) is 6.90. The zero-order valence-corrected chi connectivity index (χ0v) is 14.3. The van der Waals surface area contributed by atoms with Gasteiger partial charge in [0.25, 0.3) is 0 Å². The minimum atomic E-state index is -1.28. The lowest BCUT2D eigenvalue weighted by Crippen LogP contribution is -2.60. The Morgan fingerprint density at radius 1 is 0.960 bits per heavy atom. The van der Waals surface area contributed by atoms with E-state index in [4.69, 9.17) is 23.7 Å². The number of ether oxygens (including phenoxy) is 5. The molecule has 146 valence electrons. The van der Waals surface area contributed by atoms with Gasteiger partial charge in [-0.15, -0.1) is 0 Å². The zero-order chi connectivity index (χ0) is 18.0. The average Bonchev–Trinajstić information content (AvgIpc) is 2.60. The van der Waals surface area contributed by atoms with Gasteiger partial charge in [0.2, 0.25) is 0 Å². The summed E-state index contributed by atoms with van der Waals surface area (Å²) in [5.41, 5.74) is 0. The van der Waals surface area contributed by atoms with E-state index in [1.165, 1.54) is 0 Å². The minimum Gasteiger partial charge on any atom is -0.390 e. The third kappa shape index (κ3) is 4.68. The van der Waals surface area contributed by atoms with E-state index in [2.05, 4.69) is 0 Å². The molecule has 0 aliphatic carbocycles. The van der Waals surface area contributed by atoms with Crippen LogP contribution in [0.4, 0.5) is 0 Å². The van der Waals surface area contributed by atoms with E-state index in [0.29, 0.717) is 13.2 Å². The van der Waals surface area contributed by atoms with Gasteiger partial charge in [0, 0.05) is 13.0 Å². The van der Waals surface area contributed by atoms with Gasteiger partial charge in [0.05, 0.1) is 31.5 Å².